The number of amides is 2. The third-order valence-corrected chi connectivity index (χ3v) is 7.64. The van der Waals surface area contributed by atoms with Gasteiger partial charge < -0.3 is 19.7 Å². The lowest BCUT2D eigenvalue weighted by Gasteiger charge is -2.45. The second-order valence-electron chi connectivity index (χ2n) is 10.1. The van der Waals surface area contributed by atoms with Crippen LogP contribution in [0.25, 0.3) is 10.8 Å². The number of fused-ring (bicyclic) bond motifs is 1. The van der Waals surface area contributed by atoms with E-state index in [1.807, 2.05) is 36.4 Å². The van der Waals surface area contributed by atoms with E-state index in [0.29, 0.717) is 39.0 Å². The number of methoxy groups -OCH3 is 1. The topological polar surface area (TPSA) is 74.8 Å². The van der Waals surface area contributed by atoms with Crippen LogP contribution in [0.1, 0.15) is 29.5 Å². The SMILES string of the molecule is COc1cccc(CNC(=O)N(Cc2cccnc2)C2(C=O)CCN(Cc3cccc4ccccc34)CC2)c1. The number of aromatic nitrogens is 1. The fraction of sp³-hybridized carbons (Fsp3) is 0.281. The summed E-state index contributed by atoms with van der Waals surface area (Å²) in [7, 11) is 1.62. The number of nitrogens with one attached hydrogen (secondary N) is 1. The van der Waals surface area contributed by atoms with Crippen molar-refractivity contribution in [2.45, 2.75) is 38.0 Å². The van der Waals surface area contributed by atoms with Crippen molar-refractivity contribution >= 4 is 23.1 Å². The van der Waals surface area contributed by atoms with Crippen molar-refractivity contribution in [2.75, 3.05) is 20.2 Å². The number of hydrogen-bond donors (Lipinski definition) is 1. The summed E-state index contributed by atoms with van der Waals surface area (Å²) in [6.07, 6.45) is 5.56. The zero-order valence-electron chi connectivity index (χ0n) is 22.3. The number of urea groups is 1. The summed E-state index contributed by atoms with van der Waals surface area (Å²) in [5, 5.41) is 5.52. The second kappa shape index (κ2) is 12.1. The first-order chi connectivity index (χ1) is 19.1. The highest BCUT2D eigenvalue weighted by molar-refractivity contribution is 5.85. The molecule has 0 radical (unpaired) electrons. The second-order valence-corrected chi connectivity index (χ2v) is 10.1. The van der Waals surface area contributed by atoms with E-state index in [1.165, 1.54) is 16.3 Å². The van der Waals surface area contributed by atoms with Crippen molar-refractivity contribution in [3.05, 3.63) is 108 Å². The fourth-order valence-corrected chi connectivity index (χ4v) is 5.38. The van der Waals surface area contributed by atoms with Crippen LogP contribution in [-0.4, -0.2) is 52.8 Å². The number of benzene rings is 3. The molecule has 0 unspecified atom stereocenters. The van der Waals surface area contributed by atoms with Gasteiger partial charge >= 0.3 is 6.03 Å². The van der Waals surface area contributed by atoms with Gasteiger partial charge in [0, 0.05) is 45.1 Å². The third kappa shape index (κ3) is 6.10. The van der Waals surface area contributed by atoms with Crippen LogP contribution in [0.2, 0.25) is 0 Å². The van der Waals surface area contributed by atoms with Gasteiger partial charge in [0.1, 0.15) is 17.6 Å². The smallest absolute Gasteiger partial charge is 0.318 e. The molecule has 0 saturated carbocycles. The van der Waals surface area contributed by atoms with E-state index in [1.54, 1.807) is 24.4 Å². The van der Waals surface area contributed by atoms with Crippen molar-refractivity contribution in [1.82, 2.24) is 20.1 Å². The quantitative estimate of drug-likeness (QED) is 0.306. The number of carbonyl (C=O) groups excluding carboxylic acids is 2. The summed E-state index contributed by atoms with van der Waals surface area (Å²) in [5.74, 6) is 0.733. The monoisotopic (exact) mass is 522 g/mol. The lowest BCUT2D eigenvalue weighted by Crippen LogP contribution is -2.60. The molecule has 39 heavy (non-hydrogen) atoms. The maximum absolute atomic E-state index is 13.6. The van der Waals surface area contributed by atoms with Crippen LogP contribution < -0.4 is 10.1 Å². The summed E-state index contributed by atoms with van der Waals surface area (Å²) < 4.78 is 5.31. The van der Waals surface area contributed by atoms with Gasteiger partial charge in [-0.2, -0.15) is 0 Å². The summed E-state index contributed by atoms with van der Waals surface area (Å²) >= 11 is 0. The Hall–Kier alpha value is -4.23. The molecule has 200 valence electrons. The van der Waals surface area contributed by atoms with Gasteiger partial charge in [-0.15, -0.1) is 0 Å². The number of pyridine rings is 1. The van der Waals surface area contributed by atoms with E-state index in [2.05, 4.69) is 57.7 Å². The third-order valence-electron chi connectivity index (χ3n) is 7.64. The number of nitrogens with zero attached hydrogens (tertiary/aromatic N) is 3. The maximum Gasteiger partial charge on any atom is 0.318 e. The number of piperidine rings is 1. The zero-order chi connectivity index (χ0) is 27.1. The minimum Gasteiger partial charge on any atom is -0.497 e. The van der Waals surface area contributed by atoms with Crippen molar-refractivity contribution in [2.24, 2.45) is 0 Å². The molecular formula is C32H34N4O3. The van der Waals surface area contributed by atoms with Crippen molar-refractivity contribution in [3.8, 4) is 5.75 Å². The van der Waals surface area contributed by atoms with Crippen LogP contribution >= 0.6 is 0 Å². The largest absolute Gasteiger partial charge is 0.497 e. The summed E-state index contributed by atoms with van der Waals surface area (Å²) in [6, 6.07) is 25.9. The standard InChI is InChI=1S/C32H34N4O3/c1-39-29-12-4-7-25(19-29)21-34-31(38)36(22-26-8-6-16-33-20-26)32(24-37)14-17-35(18-15-32)23-28-11-5-10-27-9-2-3-13-30(27)28/h2-13,16,19-20,24H,14-15,17-18,21-23H2,1H3,(H,34,38). The van der Waals surface area contributed by atoms with Gasteiger partial charge in [0.05, 0.1) is 7.11 Å². The lowest BCUT2D eigenvalue weighted by atomic mass is 9.86. The molecule has 7 nitrogen and oxygen atoms in total. The molecule has 4 aromatic rings. The fourth-order valence-electron chi connectivity index (χ4n) is 5.38. The molecule has 1 saturated heterocycles. The summed E-state index contributed by atoms with van der Waals surface area (Å²) in [5.41, 5.74) is 2.18. The van der Waals surface area contributed by atoms with Crippen LogP contribution in [-0.2, 0) is 24.4 Å². The molecule has 1 N–H and O–H groups in total. The molecule has 0 atom stereocenters. The molecule has 1 aliphatic heterocycles. The average Bonchev–Trinajstić information content (AvgIpc) is 3.00. The highest BCUT2D eigenvalue weighted by Gasteiger charge is 2.42. The highest BCUT2D eigenvalue weighted by atomic mass is 16.5. The van der Waals surface area contributed by atoms with Crippen LogP contribution in [0.5, 0.6) is 5.75 Å². The Morgan fingerprint density at radius 3 is 2.56 bits per heavy atom. The molecule has 2 heterocycles. The van der Waals surface area contributed by atoms with Gasteiger partial charge in [-0.25, -0.2) is 4.79 Å². The van der Waals surface area contributed by atoms with Gasteiger partial charge in [-0.1, -0.05) is 60.7 Å². The van der Waals surface area contributed by atoms with Crippen LogP contribution in [0.15, 0.2) is 91.3 Å². The number of ether oxygens (including phenoxy) is 1. The Kier molecular flexibility index (Phi) is 8.18. The molecule has 2 amide bonds. The van der Waals surface area contributed by atoms with E-state index in [0.717, 1.165) is 29.7 Å². The van der Waals surface area contributed by atoms with E-state index in [9.17, 15) is 9.59 Å². The number of carbonyl (C=O) groups is 2. The van der Waals surface area contributed by atoms with Gasteiger partial charge in [-0.3, -0.25) is 9.88 Å². The van der Waals surface area contributed by atoms with Crippen LogP contribution in [0, 0.1) is 0 Å². The normalized spacial score (nSPS) is 15.0. The van der Waals surface area contributed by atoms with Crippen LogP contribution in [0.4, 0.5) is 4.79 Å². The molecule has 1 fully saturated rings. The molecule has 0 aliphatic carbocycles. The van der Waals surface area contributed by atoms with Gasteiger partial charge in [-0.05, 0) is 58.5 Å². The minimum atomic E-state index is -0.899. The highest BCUT2D eigenvalue weighted by Crippen LogP contribution is 2.31. The zero-order valence-corrected chi connectivity index (χ0v) is 22.3. The Labute approximate surface area is 229 Å². The average molecular weight is 523 g/mol. The number of rotatable bonds is 9. The molecular weight excluding hydrogens is 488 g/mol. The summed E-state index contributed by atoms with van der Waals surface area (Å²) in [4.78, 5) is 34.7. The van der Waals surface area contributed by atoms with Gasteiger partial charge in [0.15, 0.2) is 0 Å². The van der Waals surface area contributed by atoms with E-state index in [4.69, 9.17) is 4.74 Å². The molecule has 0 spiro atoms. The molecule has 1 aromatic heterocycles. The number of likely N-dealkylation sites (tertiary alicyclic amines) is 1. The molecule has 7 heteroatoms. The van der Waals surface area contributed by atoms with E-state index in [-0.39, 0.29) is 6.03 Å². The Morgan fingerprint density at radius 1 is 1.03 bits per heavy atom. The number of aldehydes is 1. The van der Waals surface area contributed by atoms with Crippen LogP contribution in [0.3, 0.4) is 0 Å². The van der Waals surface area contributed by atoms with Crippen molar-refractivity contribution in [1.29, 1.82) is 0 Å². The minimum absolute atomic E-state index is 0.267. The molecule has 1 aliphatic rings. The predicted molar refractivity (Wildman–Crippen MR) is 152 cm³/mol. The summed E-state index contributed by atoms with van der Waals surface area (Å²) in [6.45, 7) is 2.88. The van der Waals surface area contributed by atoms with E-state index < -0.39 is 5.54 Å². The first kappa shape index (κ1) is 26.4. The predicted octanol–water partition coefficient (Wildman–Crippen LogP) is 5.19. The number of hydrogen-bond acceptors (Lipinski definition) is 5. The maximum atomic E-state index is 13.6. The Balaban J connectivity index is 1.32. The van der Waals surface area contributed by atoms with E-state index >= 15 is 0 Å². The first-order valence-corrected chi connectivity index (χ1v) is 13.3. The van der Waals surface area contributed by atoms with Crippen molar-refractivity contribution < 1.29 is 14.3 Å². The molecule has 3 aromatic carbocycles. The Morgan fingerprint density at radius 2 is 1.79 bits per heavy atom. The van der Waals surface area contributed by atoms with Gasteiger partial charge in [0.25, 0.3) is 0 Å². The van der Waals surface area contributed by atoms with Crippen molar-refractivity contribution in [3.63, 3.8) is 0 Å². The van der Waals surface area contributed by atoms with Gasteiger partial charge in [0.2, 0.25) is 0 Å². The first-order valence-electron chi connectivity index (χ1n) is 13.3. The Bertz CT molecular complexity index is 1410. The molecule has 0 bridgehead atoms. The lowest BCUT2D eigenvalue weighted by molar-refractivity contribution is -0.120. The molecule has 5 rings (SSSR count).